The van der Waals surface area contributed by atoms with Crippen LogP contribution in [0, 0.1) is 5.21 Å². The maximum absolute atomic E-state index is 12.2. The number of aromatic nitrogens is 4. The highest BCUT2D eigenvalue weighted by molar-refractivity contribution is 5.84. The van der Waals surface area contributed by atoms with Gasteiger partial charge in [-0.25, -0.2) is 9.63 Å². The van der Waals surface area contributed by atoms with E-state index in [0.29, 0.717) is 18.1 Å². The normalized spacial score (nSPS) is 16.4. The molecular formula is C15H15N5O2. The van der Waals surface area contributed by atoms with Crippen molar-refractivity contribution in [2.24, 2.45) is 0 Å². The van der Waals surface area contributed by atoms with Gasteiger partial charge < -0.3 is 9.94 Å². The fraction of sp³-hybridized carbons (Fsp3) is 0.267. The van der Waals surface area contributed by atoms with Crippen LogP contribution in [-0.4, -0.2) is 27.6 Å². The van der Waals surface area contributed by atoms with E-state index in [-0.39, 0.29) is 0 Å². The summed E-state index contributed by atoms with van der Waals surface area (Å²) in [4.78, 5) is 1.96. The lowest BCUT2D eigenvalue weighted by Crippen LogP contribution is -2.48. The Morgan fingerprint density at radius 1 is 1.27 bits per heavy atom. The van der Waals surface area contributed by atoms with Crippen molar-refractivity contribution in [3.05, 3.63) is 41.7 Å². The number of anilines is 2. The van der Waals surface area contributed by atoms with Gasteiger partial charge in [-0.2, -0.15) is 15.4 Å². The van der Waals surface area contributed by atoms with Crippen LogP contribution in [0.4, 0.5) is 11.5 Å². The number of nitrogens with zero attached hydrogens (tertiary/aromatic N) is 4. The molecule has 0 saturated carbocycles. The molecule has 7 heteroatoms. The minimum absolute atomic E-state index is 0.423. The number of benzene rings is 1. The number of H-pyrrole nitrogens is 1. The summed E-state index contributed by atoms with van der Waals surface area (Å²) in [5.74, 6) is 1.25. The molecular weight excluding hydrogens is 282 g/mol. The summed E-state index contributed by atoms with van der Waals surface area (Å²) in [5.41, 5.74) is 1.86. The fourth-order valence-electron chi connectivity index (χ4n) is 2.78. The molecule has 112 valence electrons. The third-order valence-electron chi connectivity index (χ3n) is 3.69. The summed E-state index contributed by atoms with van der Waals surface area (Å²) >= 11 is 0. The first-order chi connectivity index (χ1) is 10.5. The predicted octanol–water partition coefficient (Wildman–Crippen LogP) is 1.90. The molecule has 0 amide bonds. The summed E-state index contributed by atoms with van der Waals surface area (Å²) in [6, 6.07) is 9.09. The number of nitrogens with one attached hydrogen (secondary N) is 1. The number of pyridine rings is 1. The van der Waals surface area contributed by atoms with Gasteiger partial charge in [0, 0.05) is 18.2 Å². The van der Waals surface area contributed by atoms with Gasteiger partial charge in [-0.3, -0.25) is 0 Å². The number of hydrogen-bond acceptors (Lipinski definition) is 5. The molecule has 3 heterocycles. The first-order valence-corrected chi connectivity index (χ1v) is 7.03. The van der Waals surface area contributed by atoms with Crippen molar-refractivity contribution in [2.75, 3.05) is 11.4 Å². The Bertz CT molecular complexity index is 858. The lowest BCUT2D eigenvalue weighted by molar-refractivity contribution is -0.592. The van der Waals surface area contributed by atoms with Gasteiger partial charge in [0.05, 0.1) is 6.20 Å². The Balaban J connectivity index is 1.94. The molecule has 0 aliphatic carbocycles. The number of hydrogen-bond donors (Lipinski definition) is 1. The van der Waals surface area contributed by atoms with Crippen molar-refractivity contribution in [1.29, 1.82) is 0 Å². The number of aromatic amines is 1. The molecule has 7 nitrogen and oxygen atoms in total. The van der Waals surface area contributed by atoms with Gasteiger partial charge in [0.15, 0.2) is 11.4 Å². The number of ether oxygens (including phenoxy) is 1. The third-order valence-corrected chi connectivity index (χ3v) is 3.69. The molecule has 2 aromatic heterocycles. The standard InChI is InChI=1S/C15H15N5O2/c1-15(2)9-19(14-5-3-4-6-20(14)21)12-7-10-11(17-18-16-10)8-13(12)22-15/h3-8H,9H2,1-2H3,(H,16,17,18). The Hall–Kier alpha value is -2.83. The smallest absolute Gasteiger partial charge is 0.285 e. The molecule has 0 spiro atoms. The monoisotopic (exact) mass is 297 g/mol. The van der Waals surface area contributed by atoms with Gasteiger partial charge in [-0.1, -0.05) is 6.07 Å². The Labute approximate surface area is 126 Å². The van der Waals surface area contributed by atoms with Gasteiger partial charge in [0.25, 0.3) is 5.82 Å². The second-order valence-corrected chi connectivity index (χ2v) is 5.96. The van der Waals surface area contributed by atoms with E-state index in [1.54, 1.807) is 12.1 Å². The van der Waals surface area contributed by atoms with Crippen LogP contribution in [0.2, 0.25) is 0 Å². The fourth-order valence-corrected chi connectivity index (χ4v) is 2.78. The summed E-state index contributed by atoms with van der Waals surface area (Å²) in [6.07, 6.45) is 1.49. The van der Waals surface area contributed by atoms with E-state index in [9.17, 15) is 5.21 Å². The summed E-state index contributed by atoms with van der Waals surface area (Å²) in [5, 5.41) is 23.0. The molecule has 3 aromatic rings. The second kappa shape index (κ2) is 4.33. The third kappa shape index (κ3) is 1.93. The maximum Gasteiger partial charge on any atom is 0.285 e. The lowest BCUT2D eigenvalue weighted by atomic mass is 10.0. The number of fused-ring (bicyclic) bond motifs is 2. The quantitative estimate of drug-likeness (QED) is 0.548. The van der Waals surface area contributed by atoms with Crippen LogP contribution < -0.4 is 14.4 Å². The first-order valence-electron chi connectivity index (χ1n) is 7.03. The zero-order valence-corrected chi connectivity index (χ0v) is 12.3. The molecule has 0 radical (unpaired) electrons. The Morgan fingerprint density at radius 2 is 2.05 bits per heavy atom. The summed E-state index contributed by atoms with van der Waals surface area (Å²) in [6.45, 7) is 4.55. The molecule has 0 fully saturated rings. The van der Waals surface area contributed by atoms with Crippen LogP contribution in [0.3, 0.4) is 0 Å². The van der Waals surface area contributed by atoms with Crippen LogP contribution in [0.1, 0.15) is 13.8 Å². The van der Waals surface area contributed by atoms with Crippen molar-refractivity contribution >= 4 is 22.5 Å². The zero-order valence-electron chi connectivity index (χ0n) is 12.3. The highest BCUT2D eigenvalue weighted by Crippen LogP contribution is 2.41. The van der Waals surface area contributed by atoms with Crippen LogP contribution >= 0.6 is 0 Å². The first kappa shape index (κ1) is 12.9. The highest BCUT2D eigenvalue weighted by atomic mass is 16.5. The molecule has 1 aliphatic rings. The van der Waals surface area contributed by atoms with E-state index >= 15 is 0 Å². The van der Waals surface area contributed by atoms with Gasteiger partial charge >= 0.3 is 0 Å². The van der Waals surface area contributed by atoms with E-state index in [2.05, 4.69) is 15.4 Å². The van der Waals surface area contributed by atoms with Gasteiger partial charge in [-0.05, 0) is 19.9 Å². The van der Waals surface area contributed by atoms with E-state index in [4.69, 9.17) is 4.74 Å². The molecule has 1 N–H and O–H groups in total. The van der Waals surface area contributed by atoms with Gasteiger partial charge in [-0.15, -0.1) is 0 Å². The average Bonchev–Trinajstić information content (AvgIpc) is 2.91. The van der Waals surface area contributed by atoms with Crippen molar-refractivity contribution in [3.63, 3.8) is 0 Å². The minimum Gasteiger partial charge on any atom is -0.711 e. The molecule has 1 aromatic carbocycles. The van der Waals surface area contributed by atoms with Gasteiger partial charge in [0.2, 0.25) is 0 Å². The highest BCUT2D eigenvalue weighted by Gasteiger charge is 2.38. The van der Waals surface area contributed by atoms with Crippen LogP contribution in [0.5, 0.6) is 5.75 Å². The van der Waals surface area contributed by atoms with E-state index in [1.165, 1.54) is 6.20 Å². The lowest BCUT2D eigenvalue weighted by Gasteiger charge is -2.36. The summed E-state index contributed by atoms with van der Waals surface area (Å²) < 4.78 is 6.91. The van der Waals surface area contributed by atoms with E-state index in [1.807, 2.05) is 36.9 Å². The topological polar surface area (TPSA) is 81.0 Å². The SMILES string of the molecule is CC1(C)CN(c2cccc[n+]2[O-])c2cc3n[nH]nc3cc2O1. The molecule has 0 saturated heterocycles. The van der Waals surface area contributed by atoms with Crippen molar-refractivity contribution in [1.82, 2.24) is 15.4 Å². The maximum atomic E-state index is 12.2. The van der Waals surface area contributed by atoms with Crippen LogP contribution in [0.15, 0.2) is 36.5 Å². The van der Waals surface area contributed by atoms with E-state index in [0.717, 1.165) is 21.5 Å². The minimum atomic E-state index is -0.423. The van der Waals surface area contributed by atoms with Crippen molar-refractivity contribution in [2.45, 2.75) is 19.4 Å². The van der Waals surface area contributed by atoms with Crippen LogP contribution in [0.25, 0.3) is 11.0 Å². The molecule has 1 aliphatic heterocycles. The molecule has 4 rings (SSSR count). The Morgan fingerprint density at radius 3 is 2.82 bits per heavy atom. The second-order valence-electron chi connectivity index (χ2n) is 5.96. The van der Waals surface area contributed by atoms with Crippen molar-refractivity contribution in [3.8, 4) is 5.75 Å². The molecule has 22 heavy (non-hydrogen) atoms. The molecule has 0 bridgehead atoms. The average molecular weight is 297 g/mol. The van der Waals surface area contributed by atoms with Crippen molar-refractivity contribution < 1.29 is 9.47 Å². The van der Waals surface area contributed by atoms with Crippen LogP contribution in [-0.2, 0) is 0 Å². The predicted molar refractivity (Wildman–Crippen MR) is 81.0 cm³/mol. The molecule has 0 atom stereocenters. The largest absolute Gasteiger partial charge is 0.711 e. The summed E-state index contributed by atoms with van der Waals surface area (Å²) in [7, 11) is 0. The molecule has 0 unspecified atom stereocenters. The zero-order chi connectivity index (χ0) is 15.3. The van der Waals surface area contributed by atoms with E-state index < -0.39 is 5.60 Å². The Kier molecular flexibility index (Phi) is 2.53. The van der Waals surface area contributed by atoms with Gasteiger partial charge in [0.1, 0.15) is 23.2 Å². The number of rotatable bonds is 1.